The fraction of sp³-hybridized carbons (Fsp3) is 0.545. The molecular weight excluding hydrogens is 649 g/mol. The average molecular weight is 678 g/mol. The van der Waals surface area contributed by atoms with Gasteiger partial charge in [0.05, 0.1) is 11.4 Å². The van der Waals surface area contributed by atoms with Crippen molar-refractivity contribution >= 4 is 20.2 Å². The van der Waals surface area contributed by atoms with Crippen molar-refractivity contribution in [2.24, 2.45) is 0 Å². The van der Waals surface area contributed by atoms with Gasteiger partial charge in [-0.3, -0.25) is 19.8 Å². The van der Waals surface area contributed by atoms with Gasteiger partial charge in [-0.1, -0.05) is 12.1 Å². The zero-order chi connectivity index (χ0) is 30.8. The van der Waals surface area contributed by atoms with Crippen LogP contribution in [0.5, 0.6) is 0 Å². The van der Waals surface area contributed by atoms with E-state index in [4.69, 9.17) is 25.9 Å². The predicted octanol–water partition coefficient (Wildman–Crippen LogP) is 3.29. The van der Waals surface area contributed by atoms with E-state index in [1.165, 1.54) is 24.2 Å². The van der Waals surface area contributed by atoms with Gasteiger partial charge < -0.3 is 9.11 Å². The van der Waals surface area contributed by atoms with E-state index in [0.717, 1.165) is 50.7 Å². The molecule has 1 aliphatic rings. The summed E-state index contributed by atoms with van der Waals surface area (Å²) in [5, 5.41) is 0. The van der Waals surface area contributed by atoms with Gasteiger partial charge in [-0.15, -0.1) is 0 Å². The maximum absolute atomic E-state index is 10.7. The maximum Gasteiger partial charge on any atom is 2.00 e. The minimum Gasteiger partial charge on any atom is -0.741 e. The first kappa shape index (κ1) is 39.1. The van der Waals surface area contributed by atoms with Gasteiger partial charge in [-0.25, -0.2) is 16.8 Å². The molecule has 41 heavy (non-hydrogen) atoms. The van der Waals surface area contributed by atoms with Crippen molar-refractivity contribution in [1.82, 2.24) is 19.8 Å². The van der Waals surface area contributed by atoms with Gasteiger partial charge in [0.2, 0.25) is 0 Å². The second kappa shape index (κ2) is 16.7. The second-order valence-corrected chi connectivity index (χ2v) is 11.3. The molecule has 1 aliphatic heterocycles. The van der Waals surface area contributed by atoms with E-state index in [0.29, 0.717) is 0 Å². The molecule has 0 atom stereocenters. The molecule has 0 unspecified atom stereocenters. The first-order valence-corrected chi connectivity index (χ1v) is 14.3. The normalized spacial score (nSPS) is 15.7. The number of pyridine rings is 2. The van der Waals surface area contributed by atoms with Crippen LogP contribution >= 0.6 is 0 Å². The molecule has 1 fully saturated rings. The van der Waals surface area contributed by atoms with Gasteiger partial charge in [0.1, 0.15) is 0 Å². The monoisotopic (exact) mass is 677 g/mol. The van der Waals surface area contributed by atoms with Gasteiger partial charge in [0.25, 0.3) is 0 Å². The molecule has 0 amide bonds. The van der Waals surface area contributed by atoms with Crippen LogP contribution in [0.25, 0.3) is 0 Å². The van der Waals surface area contributed by atoms with E-state index in [2.05, 4.69) is 70.0 Å². The third-order valence-corrected chi connectivity index (χ3v) is 6.26. The second-order valence-electron chi connectivity index (χ2n) is 8.60. The molecule has 1 saturated heterocycles. The topological polar surface area (TPSA) is 147 Å². The average Bonchev–Trinajstić information content (AvgIpc) is 2.75. The zero-order valence-electron chi connectivity index (χ0n) is 21.8. The Kier molecular flexibility index (Phi) is 15.9. The standard InChI is InChI=1S/C20H28N4.2CHF3O3S.Mn/c1-17-7-3-9-19(21-17)15-23-11-5-13-24(14-6-12-23)16-20-10-4-8-18(2)22-20;2*2-1(3,4)8(5,6)7;/h3-4,7-10H,5-6,11-16H2,1-2H3;2*(H,5,6,7);/q;;;+2/p-2. The van der Waals surface area contributed by atoms with Crippen molar-refractivity contribution in [3.8, 4) is 0 Å². The fourth-order valence-corrected chi connectivity index (χ4v) is 3.41. The largest absolute Gasteiger partial charge is 2.00 e. The Morgan fingerprint density at radius 2 is 0.951 bits per heavy atom. The molecule has 0 spiro atoms. The first-order valence-electron chi connectivity index (χ1n) is 11.5. The van der Waals surface area contributed by atoms with Crippen LogP contribution in [0, 0.1) is 13.8 Å². The van der Waals surface area contributed by atoms with Crippen LogP contribution in [0.1, 0.15) is 35.6 Å². The van der Waals surface area contributed by atoms with Gasteiger partial charge in [0.15, 0.2) is 20.2 Å². The van der Waals surface area contributed by atoms with Gasteiger partial charge in [-0.05, 0) is 77.1 Å². The van der Waals surface area contributed by atoms with Gasteiger partial charge in [0, 0.05) is 24.5 Å². The van der Waals surface area contributed by atoms with Gasteiger partial charge >= 0.3 is 28.1 Å². The molecule has 233 valence electrons. The predicted molar refractivity (Wildman–Crippen MR) is 129 cm³/mol. The summed E-state index contributed by atoms with van der Waals surface area (Å²) in [7, 11) is -12.2. The van der Waals surface area contributed by atoms with Crippen molar-refractivity contribution in [3.05, 3.63) is 59.2 Å². The Morgan fingerprint density at radius 1 is 0.683 bits per heavy atom. The molecule has 0 aromatic carbocycles. The smallest absolute Gasteiger partial charge is 0.741 e. The van der Waals surface area contributed by atoms with E-state index < -0.39 is 31.3 Å². The van der Waals surface area contributed by atoms with E-state index in [1.54, 1.807) is 0 Å². The number of aryl methyl sites for hydroxylation is 2. The molecule has 2 aromatic heterocycles. The zero-order valence-corrected chi connectivity index (χ0v) is 24.6. The Bertz CT molecular complexity index is 1190. The number of hydrogen-bond acceptors (Lipinski definition) is 10. The number of aromatic nitrogens is 2. The van der Waals surface area contributed by atoms with Crippen molar-refractivity contribution in [3.63, 3.8) is 0 Å². The summed E-state index contributed by atoms with van der Waals surface area (Å²) in [5.74, 6) is 0. The SMILES string of the molecule is Cc1cccc(CN2CCCN(Cc3cccc(C)n3)CCC2)n1.O=S(=O)([O-])C(F)(F)F.O=S(=O)([O-])C(F)(F)F.[Mn+2]. The molecule has 3 heterocycles. The van der Waals surface area contributed by atoms with E-state index >= 15 is 0 Å². The van der Waals surface area contributed by atoms with E-state index in [9.17, 15) is 26.3 Å². The third-order valence-electron chi connectivity index (χ3n) is 5.13. The minimum absolute atomic E-state index is 0. The number of hydrogen-bond donors (Lipinski definition) is 0. The molecule has 3 rings (SSSR count). The summed E-state index contributed by atoms with van der Waals surface area (Å²) in [6.07, 6.45) is 2.41. The van der Waals surface area contributed by atoms with E-state index in [1.807, 2.05) is 0 Å². The molecule has 0 bridgehead atoms. The molecule has 10 nitrogen and oxygen atoms in total. The molecule has 1 radical (unpaired) electrons. The number of nitrogens with zero attached hydrogens (tertiary/aromatic N) is 4. The summed E-state index contributed by atoms with van der Waals surface area (Å²) in [4.78, 5) is 14.4. The van der Waals surface area contributed by atoms with Gasteiger partial charge in [-0.2, -0.15) is 26.3 Å². The van der Waals surface area contributed by atoms with Crippen LogP contribution in [0.3, 0.4) is 0 Å². The maximum atomic E-state index is 10.7. The fourth-order valence-electron chi connectivity index (χ4n) is 3.41. The third kappa shape index (κ3) is 15.8. The van der Waals surface area contributed by atoms with Crippen LogP contribution < -0.4 is 0 Å². The Hall–Kier alpha value is -1.86. The van der Waals surface area contributed by atoms with Crippen LogP contribution in [0.15, 0.2) is 36.4 Å². The molecular formula is C22H28F6MnN4O6S2. The van der Waals surface area contributed by atoms with Crippen LogP contribution in [-0.2, 0) is 50.4 Å². The Balaban J connectivity index is 0.000000781. The number of rotatable bonds is 4. The summed E-state index contributed by atoms with van der Waals surface area (Å²) >= 11 is 0. The quantitative estimate of drug-likeness (QED) is 0.205. The summed E-state index contributed by atoms with van der Waals surface area (Å²) in [6, 6.07) is 12.6. The Morgan fingerprint density at radius 3 is 1.17 bits per heavy atom. The molecule has 0 N–H and O–H groups in total. The Labute approximate surface area is 245 Å². The van der Waals surface area contributed by atoms with Crippen LogP contribution in [0.4, 0.5) is 26.3 Å². The summed E-state index contributed by atoms with van der Waals surface area (Å²) in [5.41, 5.74) is -6.69. The molecule has 2 aromatic rings. The first-order chi connectivity index (χ1) is 18.2. The molecule has 0 saturated carbocycles. The van der Waals surface area contributed by atoms with Crippen molar-refractivity contribution < 1.29 is 69.4 Å². The van der Waals surface area contributed by atoms with Crippen LogP contribution in [0.2, 0.25) is 0 Å². The summed E-state index contributed by atoms with van der Waals surface area (Å²) in [6.45, 7) is 10.7. The molecule has 19 heteroatoms. The molecule has 0 aliphatic carbocycles. The van der Waals surface area contributed by atoms with Crippen molar-refractivity contribution in [2.45, 2.75) is 50.8 Å². The summed E-state index contributed by atoms with van der Waals surface area (Å²) < 4.78 is 118. The minimum atomic E-state index is -6.09. The van der Waals surface area contributed by atoms with E-state index in [-0.39, 0.29) is 17.1 Å². The van der Waals surface area contributed by atoms with Crippen molar-refractivity contribution in [1.29, 1.82) is 0 Å². The van der Waals surface area contributed by atoms with Crippen molar-refractivity contribution in [2.75, 3.05) is 26.2 Å². The number of halogens is 6. The number of alkyl halides is 6. The van der Waals surface area contributed by atoms with Crippen LogP contribution in [-0.4, -0.2) is 82.9 Å².